The summed E-state index contributed by atoms with van der Waals surface area (Å²) in [4.78, 5) is 23.8. The fourth-order valence-electron chi connectivity index (χ4n) is 3.17. The topological polar surface area (TPSA) is 64.1 Å². The first-order chi connectivity index (χ1) is 14.0. The second-order valence-electron chi connectivity index (χ2n) is 6.56. The van der Waals surface area contributed by atoms with Gasteiger partial charge in [-0.25, -0.2) is 10.0 Å². The number of halogens is 1. The van der Waals surface area contributed by atoms with Gasteiger partial charge in [-0.05, 0) is 36.4 Å². The Morgan fingerprint density at radius 1 is 1.34 bits per heavy atom. The maximum absolute atomic E-state index is 12.4. The highest BCUT2D eigenvalue weighted by Gasteiger charge is 2.27. The van der Waals surface area contributed by atoms with E-state index in [0.717, 1.165) is 24.2 Å². The van der Waals surface area contributed by atoms with Crippen LogP contribution in [0.2, 0.25) is 5.02 Å². The summed E-state index contributed by atoms with van der Waals surface area (Å²) >= 11 is 6.15. The van der Waals surface area contributed by atoms with Crippen LogP contribution in [-0.4, -0.2) is 56.4 Å². The molecule has 3 rings (SSSR count). The van der Waals surface area contributed by atoms with Crippen LogP contribution in [0.15, 0.2) is 42.8 Å². The van der Waals surface area contributed by atoms with Crippen LogP contribution in [0.3, 0.4) is 0 Å². The Balaban J connectivity index is 1.79. The number of hydroxylamine groups is 2. The van der Waals surface area contributed by atoms with Gasteiger partial charge in [-0.2, -0.15) is 0 Å². The monoisotopic (exact) mass is 417 g/mol. The third-order valence-electron chi connectivity index (χ3n) is 4.71. The lowest BCUT2D eigenvalue weighted by Gasteiger charge is -2.22. The molecule has 1 amide bonds. The van der Waals surface area contributed by atoms with E-state index in [9.17, 15) is 4.79 Å². The first kappa shape index (κ1) is 21.0. The highest BCUT2D eigenvalue weighted by Crippen LogP contribution is 2.30. The molecule has 0 bridgehead atoms. The second-order valence-corrected chi connectivity index (χ2v) is 6.97. The van der Waals surface area contributed by atoms with Crippen LogP contribution in [0.5, 0.6) is 5.88 Å². The fraction of sp³-hybridized carbons (Fsp3) is 0.333. The third kappa shape index (κ3) is 4.99. The summed E-state index contributed by atoms with van der Waals surface area (Å²) in [5, 5.41) is 1.69. The van der Waals surface area contributed by atoms with Gasteiger partial charge in [-0.15, -0.1) is 0 Å². The largest absolute Gasteiger partial charge is 0.504 e. The highest BCUT2D eigenvalue weighted by atomic mass is 35.5. The van der Waals surface area contributed by atoms with Crippen LogP contribution >= 0.6 is 11.6 Å². The van der Waals surface area contributed by atoms with Crippen molar-refractivity contribution in [2.45, 2.75) is 12.5 Å². The lowest BCUT2D eigenvalue weighted by atomic mass is 10.1. The van der Waals surface area contributed by atoms with Gasteiger partial charge < -0.3 is 14.4 Å². The smallest absolute Gasteiger partial charge is 0.277 e. The van der Waals surface area contributed by atoms with E-state index >= 15 is 0 Å². The van der Waals surface area contributed by atoms with Crippen molar-refractivity contribution in [2.24, 2.45) is 0 Å². The Morgan fingerprint density at radius 2 is 2.17 bits per heavy atom. The molecule has 0 radical (unpaired) electrons. The van der Waals surface area contributed by atoms with Gasteiger partial charge in [0.05, 0.1) is 27.0 Å². The molecule has 2 heterocycles. The number of benzene rings is 1. The molecule has 1 aromatic carbocycles. The number of pyridine rings is 1. The predicted molar refractivity (Wildman–Crippen MR) is 112 cm³/mol. The summed E-state index contributed by atoms with van der Waals surface area (Å²) < 4.78 is 11.1. The number of anilines is 1. The summed E-state index contributed by atoms with van der Waals surface area (Å²) in [5.41, 5.74) is 2.40. The zero-order valence-corrected chi connectivity index (χ0v) is 17.4. The summed E-state index contributed by atoms with van der Waals surface area (Å²) in [6.45, 7) is 1.50. The second kappa shape index (κ2) is 9.62. The van der Waals surface area contributed by atoms with Gasteiger partial charge in [0.1, 0.15) is 11.1 Å². The average molecular weight is 418 g/mol. The van der Waals surface area contributed by atoms with E-state index in [1.54, 1.807) is 44.8 Å². The zero-order valence-electron chi connectivity index (χ0n) is 16.7. The molecule has 1 fully saturated rings. The maximum Gasteiger partial charge on any atom is 0.277 e. The molecular formula is C21H24ClN3O4. The van der Waals surface area contributed by atoms with Gasteiger partial charge in [0.15, 0.2) is 0 Å². The number of hydrogen-bond acceptors (Lipinski definition) is 6. The van der Waals surface area contributed by atoms with Gasteiger partial charge >= 0.3 is 0 Å². The van der Waals surface area contributed by atoms with Crippen LogP contribution < -0.4 is 9.64 Å². The average Bonchev–Trinajstić information content (AvgIpc) is 3.20. The molecule has 1 aliphatic rings. The molecule has 7 nitrogen and oxygen atoms in total. The van der Waals surface area contributed by atoms with E-state index in [1.807, 2.05) is 18.2 Å². The van der Waals surface area contributed by atoms with Crippen LogP contribution in [-0.2, 0) is 9.57 Å². The molecule has 29 heavy (non-hydrogen) atoms. The van der Waals surface area contributed by atoms with Crippen molar-refractivity contribution in [3.05, 3.63) is 58.9 Å². The van der Waals surface area contributed by atoms with Gasteiger partial charge in [-0.3, -0.25) is 9.63 Å². The Labute approximate surface area is 175 Å². The number of methoxy groups -OCH3 is 1. The molecule has 1 saturated heterocycles. The predicted octanol–water partition coefficient (Wildman–Crippen LogP) is 3.64. The normalized spacial score (nSPS) is 16.3. The van der Waals surface area contributed by atoms with Crippen molar-refractivity contribution < 1.29 is 19.1 Å². The molecule has 154 valence electrons. The van der Waals surface area contributed by atoms with E-state index in [4.69, 9.17) is 25.9 Å². The number of nitrogens with zero attached hydrogens (tertiary/aromatic N) is 3. The van der Waals surface area contributed by atoms with E-state index in [-0.39, 0.29) is 12.0 Å². The minimum Gasteiger partial charge on any atom is -0.504 e. The van der Waals surface area contributed by atoms with Gasteiger partial charge in [0, 0.05) is 43.0 Å². The SMILES string of the molecule is COC=Cc1cc(C(=O)N(C)OC)ccc1N1CC[C@H](Oc2ncccc2Cl)C1. The van der Waals surface area contributed by atoms with Crippen molar-refractivity contribution in [3.8, 4) is 5.88 Å². The number of rotatable bonds is 7. The Kier molecular flexibility index (Phi) is 6.95. The highest BCUT2D eigenvalue weighted by molar-refractivity contribution is 6.31. The number of carbonyl (C=O) groups excluding carboxylic acids is 1. The van der Waals surface area contributed by atoms with Crippen molar-refractivity contribution in [3.63, 3.8) is 0 Å². The number of amides is 1. The van der Waals surface area contributed by atoms with Crippen LogP contribution in [0.1, 0.15) is 22.3 Å². The molecule has 8 heteroatoms. The van der Waals surface area contributed by atoms with Crippen molar-refractivity contribution in [2.75, 3.05) is 39.3 Å². The van der Waals surface area contributed by atoms with Gasteiger partial charge in [0.25, 0.3) is 5.91 Å². The molecule has 0 unspecified atom stereocenters. The van der Waals surface area contributed by atoms with E-state index < -0.39 is 0 Å². The first-order valence-electron chi connectivity index (χ1n) is 9.21. The molecule has 1 aromatic heterocycles. The number of ether oxygens (including phenoxy) is 2. The lowest BCUT2D eigenvalue weighted by molar-refractivity contribution is -0.0756. The molecule has 0 N–H and O–H groups in total. The minimum absolute atomic E-state index is 0.0254. The first-order valence-corrected chi connectivity index (χ1v) is 9.59. The van der Waals surface area contributed by atoms with Gasteiger partial charge in [0.2, 0.25) is 5.88 Å². The Hall–Kier alpha value is -2.77. The van der Waals surface area contributed by atoms with Crippen LogP contribution in [0.25, 0.3) is 6.08 Å². The lowest BCUT2D eigenvalue weighted by Crippen LogP contribution is -2.27. The number of carbonyl (C=O) groups is 1. The fourth-order valence-corrected chi connectivity index (χ4v) is 3.34. The third-order valence-corrected chi connectivity index (χ3v) is 4.99. The molecule has 0 aliphatic carbocycles. The number of aromatic nitrogens is 1. The maximum atomic E-state index is 12.4. The Bertz CT molecular complexity index is 890. The quantitative estimate of drug-likeness (QED) is 0.506. The summed E-state index contributed by atoms with van der Waals surface area (Å²) in [6.07, 6.45) is 5.90. The van der Waals surface area contributed by atoms with Crippen LogP contribution in [0.4, 0.5) is 5.69 Å². The van der Waals surface area contributed by atoms with Crippen LogP contribution in [0, 0.1) is 0 Å². The molecule has 0 spiro atoms. The molecular weight excluding hydrogens is 394 g/mol. The van der Waals surface area contributed by atoms with Crippen molar-refractivity contribution in [1.82, 2.24) is 10.0 Å². The van der Waals surface area contributed by atoms with Crippen molar-refractivity contribution in [1.29, 1.82) is 0 Å². The minimum atomic E-state index is -0.224. The molecule has 0 saturated carbocycles. The Morgan fingerprint density at radius 3 is 2.90 bits per heavy atom. The van der Waals surface area contributed by atoms with Gasteiger partial charge in [-0.1, -0.05) is 11.6 Å². The standard InChI is InChI=1S/C21H24ClN3O4/c1-24(28-3)21(26)16-6-7-19(15(13-16)9-12-27-2)25-11-8-17(14-25)29-20-18(22)5-4-10-23-20/h4-7,9-10,12-13,17H,8,11,14H2,1-3H3/t17-/m0/s1. The molecule has 1 aliphatic heterocycles. The number of hydrogen-bond donors (Lipinski definition) is 0. The zero-order chi connectivity index (χ0) is 20.8. The summed E-state index contributed by atoms with van der Waals surface area (Å²) in [5.74, 6) is 0.225. The van der Waals surface area contributed by atoms with Crippen molar-refractivity contribution >= 4 is 29.3 Å². The summed E-state index contributed by atoms with van der Waals surface area (Å²) in [7, 11) is 4.61. The van der Waals surface area contributed by atoms with E-state index in [0.29, 0.717) is 23.0 Å². The molecule has 1 atom stereocenters. The molecule has 2 aromatic rings. The van der Waals surface area contributed by atoms with E-state index in [1.165, 1.54) is 12.2 Å². The van der Waals surface area contributed by atoms with E-state index in [2.05, 4.69) is 9.88 Å². The summed E-state index contributed by atoms with van der Waals surface area (Å²) in [6, 6.07) is 9.08.